The number of fused-ring (bicyclic) bond motifs is 1. The van der Waals surface area contributed by atoms with E-state index in [0.29, 0.717) is 37.6 Å². The van der Waals surface area contributed by atoms with E-state index < -0.39 is 4.92 Å². The van der Waals surface area contributed by atoms with Gasteiger partial charge in [0.05, 0.1) is 24.1 Å². The van der Waals surface area contributed by atoms with Gasteiger partial charge in [0.25, 0.3) is 5.69 Å². The Bertz CT molecular complexity index is 663. The molecule has 2 aliphatic heterocycles. The zero-order valence-electron chi connectivity index (χ0n) is 14.2. The number of ether oxygens (including phenoxy) is 3. The fourth-order valence-corrected chi connectivity index (χ4v) is 3.40. The number of nitro groups is 1. The van der Waals surface area contributed by atoms with Gasteiger partial charge in [-0.25, -0.2) is 0 Å². The van der Waals surface area contributed by atoms with Crippen LogP contribution >= 0.6 is 0 Å². The number of carbonyl (C=O) groups is 1. The fourth-order valence-electron chi connectivity index (χ4n) is 3.40. The molecule has 0 saturated carbocycles. The predicted octanol–water partition coefficient (Wildman–Crippen LogP) is 2.24. The van der Waals surface area contributed by atoms with Crippen LogP contribution in [0.2, 0.25) is 0 Å². The SMILES string of the molecule is CCOC(=O)[C@@H]1CCCN(Cc2cc([N+](=O)[O-])cc3c2OCOC3)C1. The molecule has 25 heavy (non-hydrogen) atoms. The molecular weight excluding hydrogens is 328 g/mol. The van der Waals surface area contributed by atoms with Crippen molar-refractivity contribution in [1.29, 1.82) is 0 Å². The van der Waals surface area contributed by atoms with Crippen molar-refractivity contribution in [3.63, 3.8) is 0 Å². The number of benzene rings is 1. The highest BCUT2D eigenvalue weighted by Crippen LogP contribution is 2.34. The first-order valence-corrected chi connectivity index (χ1v) is 8.48. The van der Waals surface area contributed by atoms with Crippen molar-refractivity contribution >= 4 is 11.7 Å². The Kier molecular flexibility index (Phi) is 5.50. The molecule has 1 fully saturated rings. The summed E-state index contributed by atoms with van der Waals surface area (Å²) in [7, 11) is 0. The Hall–Kier alpha value is -2.19. The summed E-state index contributed by atoms with van der Waals surface area (Å²) in [6, 6.07) is 3.05. The normalized spacial score (nSPS) is 20.4. The molecule has 0 N–H and O–H groups in total. The number of hydrogen-bond acceptors (Lipinski definition) is 7. The van der Waals surface area contributed by atoms with Gasteiger partial charge in [0, 0.05) is 36.3 Å². The van der Waals surface area contributed by atoms with Crippen LogP contribution in [0.25, 0.3) is 0 Å². The van der Waals surface area contributed by atoms with E-state index in [2.05, 4.69) is 4.90 Å². The predicted molar refractivity (Wildman–Crippen MR) is 88.0 cm³/mol. The van der Waals surface area contributed by atoms with Gasteiger partial charge in [0.1, 0.15) is 5.75 Å². The molecule has 1 atom stereocenters. The summed E-state index contributed by atoms with van der Waals surface area (Å²) in [6.07, 6.45) is 1.71. The average Bonchev–Trinajstić information content (AvgIpc) is 2.62. The van der Waals surface area contributed by atoms with E-state index in [9.17, 15) is 14.9 Å². The van der Waals surface area contributed by atoms with Crippen LogP contribution in [0.5, 0.6) is 5.75 Å². The lowest BCUT2D eigenvalue weighted by atomic mass is 9.97. The molecule has 8 heteroatoms. The molecule has 2 aliphatic rings. The second-order valence-corrected chi connectivity index (χ2v) is 6.29. The largest absolute Gasteiger partial charge is 0.467 e. The van der Waals surface area contributed by atoms with Gasteiger partial charge >= 0.3 is 5.97 Å². The molecule has 3 rings (SSSR count). The topological polar surface area (TPSA) is 91.1 Å². The van der Waals surface area contributed by atoms with Crippen molar-refractivity contribution < 1.29 is 23.9 Å². The minimum atomic E-state index is -0.407. The van der Waals surface area contributed by atoms with Crippen LogP contribution in [0.15, 0.2) is 12.1 Å². The minimum Gasteiger partial charge on any atom is -0.467 e. The second kappa shape index (κ2) is 7.79. The highest BCUT2D eigenvalue weighted by Gasteiger charge is 2.28. The lowest BCUT2D eigenvalue weighted by Crippen LogP contribution is -2.39. The minimum absolute atomic E-state index is 0.0294. The van der Waals surface area contributed by atoms with Crippen LogP contribution in [-0.4, -0.2) is 42.3 Å². The molecule has 0 amide bonds. The number of carbonyl (C=O) groups excluding carboxylic acids is 1. The molecule has 0 aliphatic carbocycles. The maximum atomic E-state index is 12.0. The maximum absolute atomic E-state index is 12.0. The van der Waals surface area contributed by atoms with Crippen LogP contribution in [0, 0.1) is 16.0 Å². The summed E-state index contributed by atoms with van der Waals surface area (Å²) < 4.78 is 15.9. The molecule has 0 spiro atoms. The molecule has 1 aromatic carbocycles. The first kappa shape index (κ1) is 17.6. The summed E-state index contributed by atoms with van der Waals surface area (Å²) in [5.41, 5.74) is 1.48. The van der Waals surface area contributed by atoms with Crippen molar-refractivity contribution in [3.8, 4) is 5.75 Å². The summed E-state index contributed by atoms with van der Waals surface area (Å²) in [4.78, 5) is 24.9. The Morgan fingerprint density at radius 2 is 2.32 bits per heavy atom. The van der Waals surface area contributed by atoms with Gasteiger partial charge in [-0.3, -0.25) is 19.8 Å². The molecule has 1 saturated heterocycles. The molecule has 8 nitrogen and oxygen atoms in total. The van der Waals surface area contributed by atoms with Gasteiger partial charge in [-0.15, -0.1) is 0 Å². The van der Waals surface area contributed by atoms with Crippen molar-refractivity contribution in [2.75, 3.05) is 26.5 Å². The standard InChI is InChI=1S/C17H22N2O6/c1-2-24-17(20)12-4-3-5-18(8-12)9-13-6-15(19(21)22)7-14-10-23-11-25-16(13)14/h6-7,12H,2-5,8-11H2,1H3/t12-/m1/s1. The van der Waals surface area contributed by atoms with Gasteiger partial charge < -0.3 is 14.2 Å². The van der Waals surface area contributed by atoms with Crippen LogP contribution in [-0.2, 0) is 27.4 Å². The van der Waals surface area contributed by atoms with Gasteiger partial charge in [-0.2, -0.15) is 0 Å². The average molecular weight is 350 g/mol. The lowest BCUT2D eigenvalue weighted by Gasteiger charge is -2.32. The number of esters is 1. The first-order chi connectivity index (χ1) is 12.1. The third-order valence-corrected chi connectivity index (χ3v) is 4.50. The first-order valence-electron chi connectivity index (χ1n) is 8.48. The maximum Gasteiger partial charge on any atom is 0.310 e. The van der Waals surface area contributed by atoms with Crippen molar-refractivity contribution in [3.05, 3.63) is 33.4 Å². The van der Waals surface area contributed by atoms with Crippen LogP contribution < -0.4 is 4.74 Å². The Balaban J connectivity index is 1.78. The molecule has 1 aromatic rings. The molecule has 2 heterocycles. The zero-order chi connectivity index (χ0) is 17.8. The summed E-state index contributed by atoms with van der Waals surface area (Å²) in [5.74, 6) is 0.348. The molecule has 0 radical (unpaired) electrons. The van der Waals surface area contributed by atoms with Crippen LogP contribution in [0.3, 0.4) is 0 Å². The van der Waals surface area contributed by atoms with E-state index in [-0.39, 0.29) is 24.4 Å². The Labute approximate surface area is 145 Å². The van der Waals surface area contributed by atoms with E-state index in [1.165, 1.54) is 6.07 Å². The van der Waals surface area contributed by atoms with Crippen LogP contribution in [0.1, 0.15) is 30.9 Å². The molecule has 0 bridgehead atoms. The molecule has 0 unspecified atom stereocenters. The van der Waals surface area contributed by atoms with Gasteiger partial charge in [0.2, 0.25) is 0 Å². The molecule has 136 valence electrons. The molecular formula is C17H22N2O6. The van der Waals surface area contributed by atoms with E-state index in [1.54, 1.807) is 13.0 Å². The van der Waals surface area contributed by atoms with E-state index in [4.69, 9.17) is 14.2 Å². The summed E-state index contributed by atoms with van der Waals surface area (Å²) >= 11 is 0. The van der Waals surface area contributed by atoms with E-state index in [0.717, 1.165) is 24.9 Å². The number of hydrogen-bond donors (Lipinski definition) is 0. The van der Waals surface area contributed by atoms with Gasteiger partial charge in [-0.05, 0) is 26.3 Å². The lowest BCUT2D eigenvalue weighted by molar-refractivity contribution is -0.385. The number of likely N-dealkylation sites (tertiary alicyclic amines) is 1. The number of rotatable bonds is 5. The smallest absolute Gasteiger partial charge is 0.310 e. The number of nitrogens with zero attached hydrogens (tertiary/aromatic N) is 2. The van der Waals surface area contributed by atoms with Crippen LogP contribution in [0.4, 0.5) is 5.69 Å². The Morgan fingerprint density at radius 1 is 1.48 bits per heavy atom. The summed E-state index contributed by atoms with van der Waals surface area (Å²) in [6.45, 7) is 4.55. The van der Waals surface area contributed by atoms with E-state index >= 15 is 0 Å². The highest BCUT2D eigenvalue weighted by molar-refractivity contribution is 5.72. The van der Waals surface area contributed by atoms with Crippen molar-refractivity contribution in [2.45, 2.75) is 32.9 Å². The monoisotopic (exact) mass is 350 g/mol. The highest BCUT2D eigenvalue weighted by atomic mass is 16.7. The summed E-state index contributed by atoms with van der Waals surface area (Å²) in [5, 5.41) is 11.2. The quantitative estimate of drug-likeness (QED) is 0.457. The third-order valence-electron chi connectivity index (χ3n) is 4.50. The second-order valence-electron chi connectivity index (χ2n) is 6.29. The van der Waals surface area contributed by atoms with E-state index in [1.807, 2.05) is 0 Å². The molecule has 0 aromatic heterocycles. The number of nitro benzene ring substituents is 1. The number of piperidine rings is 1. The number of non-ortho nitro benzene ring substituents is 1. The fraction of sp³-hybridized carbons (Fsp3) is 0.588. The van der Waals surface area contributed by atoms with Gasteiger partial charge in [-0.1, -0.05) is 0 Å². The van der Waals surface area contributed by atoms with Crippen molar-refractivity contribution in [2.24, 2.45) is 5.92 Å². The zero-order valence-corrected chi connectivity index (χ0v) is 14.2. The Morgan fingerprint density at radius 3 is 3.08 bits per heavy atom. The van der Waals surface area contributed by atoms with Crippen molar-refractivity contribution in [1.82, 2.24) is 4.90 Å². The van der Waals surface area contributed by atoms with Gasteiger partial charge in [0.15, 0.2) is 6.79 Å². The third kappa shape index (κ3) is 4.08.